The molecule has 0 radical (unpaired) electrons. The van der Waals surface area contributed by atoms with Crippen molar-refractivity contribution in [1.82, 2.24) is 0 Å². The van der Waals surface area contributed by atoms with Crippen LogP contribution < -0.4 is 0 Å². The molecular formula is C31H52. The lowest BCUT2D eigenvalue weighted by atomic mass is 9.60. The zero-order chi connectivity index (χ0) is 23.0. The molecule has 0 spiro atoms. The predicted octanol–water partition coefficient (Wildman–Crippen LogP) is 9.92. The fourth-order valence-corrected chi connectivity index (χ4v) is 7.75. The normalized spacial score (nSPS) is 37.3. The zero-order valence-corrected chi connectivity index (χ0v) is 22.2. The maximum Gasteiger partial charge on any atom is -0.0104 e. The van der Waals surface area contributed by atoms with E-state index in [-0.39, 0.29) is 5.41 Å². The highest BCUT2D eigenvalue weighted by Gasteiger charge is 2.50. The fraction of sp³-hybridized carbons (Fsp3) is 0.806. The predicted molar refractivity (Wildman–Crippen MR) is 138 cm³/mol. The third-order valence-electron chi connectivity index (χ3n) is 9.44. The molecule has 0 aromatic rings. The van der Waals surface area contributed by atoms with Gasteiger partial charge in [-0.2, -0.15) is 0 Å². The van der Waals surface area contributed by atoms with Crippen LogP contribution in [0.3, 0.4) is 0 Å². The van der Waals surface area contributed by atoms with E-state index in [4.69, 9.17) is 0 Å². The van der Waals surface area contributed by atoms with E-state index in [1.165, 1.54) is 75.4 Å². The van der Waals surface area contributed by atoms with Gasteiger partial charge in [-0.15, -0.1) is 0 Å². The van der Waals surface area contributed by atoms with E-state index >= 15 is 0 Å². The molecule has 0 aliphatic heterocycles. The van der Waals surface area contributed by atoms with Gasteiger partial charge in [-0.3, -0.25) is 0 Å². The Balaban J connectivity index is 1.72. The summed E-state index contributed by atoms with van der Waals surface area (Å²) in [5.74, 6) is 3.37. The summed E-state index contributed by atoms with van der Waals surface area (Å²) in [6.07, 6.45) is 18.7. The van der Waals surface area contributed by atoms with Crippen molar-refractivity contribution in [1.29, 1.82) is 0 Å². The van der Waals surface area contributed by atoms with Gasteiger partial charge in [0, 0.05) is 0 Å². The first-order valence-corrected chi connectivity index (χ1v) is 13.4. The molecule has 0 unspecified atom stereocenters. The van der Waals surface area contributed by atoms with Crippen LogP contribution in [0.4, 0.5) is 0 Å². The van der Waals surface area contributed by atoms with Crippen molar-refractivity contribution in [3.63, 3.8) is 0 Å². The first kappa shape index (κ1) is 24.9. The second kappa shape index (κ2) is 9.23. The van der Waals surface area contributed by atoms with Crippen molar-refractivity contribution in [2.45, 2.75) is 120 Å². The SMILES string of the molecule is C=C1/C(=C\C=C2/CCC[C@]3(C)[C@@H]([C@H](C)CCCC(C)(C)C)CC[C@@H]23)C[C@@H](C)CC1(C)C. The van der Waals surface area contributed by atoms with E-state index < -0.39 is 0 Å². The summed E-state index contributed by atoms with van der Waals surface area (Å²) in [6.45, 7) is 24.1. The molecule has 3 rings (SSSR count). The molecule has 176 valence electrons. The number of rotatable bonds is 5. The average molecular weight is 425 g/mol. The molecule has 3 aliphatic carbocycles. The number of hydrogen-bond acceptors (Lipinski definition) is 0. The van der Waals surface area contributed by atoms with E-state index in [2.05, 4.69) is 74.1 Å². The summed E-state index contributed by atoms with van der Waals surface area (Å²) in [5, 5.41) is 0. The van der Waals surface area contributed by atoms with Crippen LogP contribution in [-0.4, -0.2) is 0 Å². The van der Waals surface area contributed by atoms with Crippen molar-refractivity contribution in [3.8, 4) is 0 Å². The van der Waals surface area contributed by atoms with Crippen molar-refractivity contribution in [3.05, 3.63) is 35.5 Å². The van der Waals surface area contributed by atoms with Crippen molar-refractivity contribution in [2.24, 2.45) is 39.9 Å². The Bertz CT molecular complexity index is 709. The Labute approximate surface area is 195 Å². The van der Waals surface area contributed by atoms with Crippen LogP contribution in [0.1, 0.15) is 120 Å². The summed E-state index contributed by atoms with van der Waals surface area (Å²) in [7, 11) is 0. The number of hydrogen-bond donors (Lipinski definition) is 0. The molecule has 0 heterocycles. The second-order valence-electron chi connectivity index (χ2n) is 13.8. The Hall–Kier alpha value is -0.780. The Morgan fingerprint density at radius 2 is 1.84 bits per heavy atom. The standard InChI is InChI=1S/C31H52/c1-22-20-26(24(3)30(7,8)21-22)15-14-25-13-11-19-31(9)27(16-17-28(25)31)23(2)12-10-18-29(4,5)6/h14-15,22-23,27-28H,3,10-13,16-21H2,1-2,4-9H3/b25-14+,26-15-/t22-,23-,27-,28+,31-/m1/s1. The first-order chi connectivity index (χ1) is 14.3. The van der Waals surface area contributed by atoms with Crippen LogP contribution in [0.25, 0.3) is 0 Å². The lowest BCUT2D eigenvalue weighted by Crippen LogP contribution is -2.36. The van der Waals surface area contributed by atoms with E-state index in [1.54, 1.807) is 5.57 Å². The van der Waals surface area contributed by atoms with E-state index in [0.29, 0.717) is 10.8 Å². The van der Waals surface area contributed by atoms with Gasteiger partial charge in [0.1, 0.15) is 0 Å². The molecule has 31 heavy (non-hydrogen) atoms. The Morgan fingerprint density at radius 1 is 1.13 bits per heavy atom. The van der Waals surface area contributed by atoms with Gasteiger partial charge in [0.15, 0.2) is 0 Å². The highest BCUT2D eigenvalue weighted by atomic mass is 14.5. The van der Waals surface area contributed by atoms with Gasteiger partial charge in [-0.05, 0) is 102 Å². The fourth-order valence-electron chi connectivity index (χ4n) is 7.75. The average Bonchev–Trinajstić information content (AvgIpc) is 2.99. The first-order valence-electron chi connectivity index (χ1n) is 13.4. The molecule has 0 nitrogen and oxygen atoms in total. The molecule has 5 atom stereocenters. The maximum absolute atomic E-state index is 4.51. The highest BCUT2D eigenvalue weighted by Crippen LogP contribution is 2.60. The van der Waals surface area contributed by atoms with Gasteiger partial charge in [-0.1, -0.05) is 92.5 Å². The zero-order valence-electron chi connectivity index (χ0n) is 22.2. The Morgan fingerprint density at radius 3 is 2.52 bits per heavy atom. The van der Waals surface area contributed by atoms with E-state index in [9.17, 15) is 0 Å². The second-order valence-corrected chi connectivity index (χ2v) is 13.8. The molecule has 0 aromatic carbocycles. The third kappa shape index (κ3) is 5.59. The summed E-state index contributed by atoms with van der Waals surface area (Å²) in [6, 6.07) is 0. The van der Waals surface area contributed by atoms with E-state index in [1.807, 2.05) is 0 Å². The van der Waals surface area contributed by atoms with Gasteiger partial charge >= 0.3 is 0 Å². The third-order valence-corrected chi connectivity index (χ3v) is 9.44. The van der Waals surface area contributed by atoms with Crippen molar-refractivity contribution in [2.75, 3.05) is 0 Å². The molecule has 0 N–H and O–H groups in total. The molecule has 0 aromatic heterocycles. The van der Waals surface area contributed by atoms with Gasteiger partial charge in [0.2, 0.25) is 0 Å². The maximum atomic E-state index is 4.51. The van der Waals surface area contributed by atoms with Gasteiger partial charge in [-0.25, -0.2) is 0 Å². The van der Waals surface area contributed by atoms with Crippen LogP contribution in [0.2, 0.25) is 0 Å². The summed E-state index contributed by atoms with van der Waals surface area (Å²) in [5.41, 5.74) is 5.93. The van der Waals surface area contributed by atoms with Crippen molar-refractivity contribution < 1.29 is 0 Å². The quantitative estimate of drug-likeness (QED) is 0.412. The summed E-state index contributed by atoms with van der Waals surface area (Å²) < 4.78 is 0. The topological polar surface area (TPSA) is 0 Å². The molecule has 3 aliphatic rings. The smallest absolute Gasteiger partial charge is 0.0104 e. The highest BCUT2D eigenvalue weighted by molar-refractivity contribution is 5.39. The largest absolute Gasteiger partial charge is 0.0950 e. The van der Waals surface area contributed by atoms with Crippen LogP contribution in [0.15, 0.2) is 35.5 Å². The minimum Gasteiger partial charge on any atom is -0.0950 e. The lowest BCUT2D eigenvalue weighted by Gasteiger charge is -2.44. The van der Waals surface area contributed by atoms with Crippen LogP contribution >= 0.6 is 0 Å². The monoisotopic (exact) mass is 424 g/mol. The van der Waals surface area contributed by atoms with Crippen LogP contribution in [0.5, 0.6) is 0 Å². The van der Waals surface area contributed by atoms with Crippen molar-refractivity contribution >= 4 is 0 Å². The minimum absolute atomic E-state index is 0.254. The molecule has 0 bridgehead atoms. The van der Waals surface area contributed by atoms with Gasteiger partial charge in [0.05, 0.1) is 0 Å². The van der Waals surface area contributed by atoms with Gasteiger partial charge < -0.3 is 0 Å². The number of fused-ring (bicyclic) bond motifs is 1. The van der Waals surface area contributed by atoms with Crippen LogP contribution in [0, 0.1) is 39.9 Å². The van der Waals surface area contributed by atoms with E-state index in [0.717, 1.165) is 23.7 Å². The molecular weight excluding hydrogens is 372 g/mol. The molecule has 0 saturated heterocycles. The minimum atomic E-state index is 0.254. The number of allylic oxidation sites excluding steroid dienone is 5. The molecule has 3 fully saturated rings. The lowest BCUT2D eigenvalue weighted by molar-refractivity contribution is 0.0920. The molecule has 0 amide bonds. The summed E-state index contributed by atoms with van der Waals surface area (Å²) >= 11 is 0. The molecule has 3 saturated carbocycles. The molecule has 0 heteroatoms. The van der Waals surface area contributed by atoms with Crippen LogP contribution in [-0.2, 0) is 0 Å². The Kier molecular flexibility index (Phi) is 7.40. The summed E-state index contributed by atoms with van der Waals surface area (Å²) in [4.78, 5) is 0. The van der Waals surface area contributed by atoms with Gasteiger partial charge in [0.25, 0.3) is 0 Å².